The molecule has 0 saturated carbocycles. The lowest BCUT2D eigenvalue weighted by atomic mass is 9.84. The number of hydrogen-bond acceptors (Lipinski definition) is 4. The predicted molar refractivity (Wildman–Crippen MR) is 100 cm³/mol. The van der Waals surface area contributed by atoms with Crippen LogP contribution >= 0.6 is 11.6 Å². The van der Waals surface area contributed by atoms with Gasteiger partial charge in [0.25, 0.3) is 0 Å². The van der Waals surface area contributed by atoms with E-state index in [0.717, 1.165) is 16.9 Å². The van der Waals surface area contributed by atoms with Crippen molar-refractivity contribution in [1.29, 1.82) is 0 Å². The third-order valence-electron chi connectivity index (χ3n) is 4.29. The number of amides is 1. The normalized spacial score (nSPS) is 15.8. The molecule has 6 nitrogen and oxygen atoms in total. The second-order valence-corrected chi connectivity index (χ2v) is 6.77. The van der Waals surface area contributed by atoms with Crippen LogP contribution in [0.1, 0.15) is 23.5 Å². The first kappa shape index (κ1) is 18.1. The molecule has 1 aliphatic heterocycles. The lowest BCUT2D eigenvalue weighted by Crippen LogP contribution is -2.24. The summed E-state index contributed by atoms with van der Waals surface area (Å²) in [4.78, 5) is 25.1. The van der Waals surface area contributed by atoms with Crippen LogP contribution in [-0.4, -0.2) is 37.7 Å². The molecule has 0 spiro atoms. The average Bonchev–Trinajstić information content (AvgIpc) is 2.59. The number of fused-ring (bicyclic) bond motifs is 1. The van der Waals surface area contributed by atoms with E-state index in [2.05, 4.69) is 5.32 Å². The van der Waals surface area contributed by atoms with Crippen molar-refractivity contribution in [2.24, 2.45) is 0 Å². The Morgan fingerprint density at radius 1 is 1.27 bits per heavy atom. The van der Waals surface area contributed by atoms with Gasteiger partial charge in [-0.2, -0.15) is 0 Å². The Balaban J connectivity index is 2.06. The highest BCUT2D eigenvalue weighted by Gasteiger charge is 2.29. The second-order valence-electron chi connectivity index (χ2n) is 6.34. The van der Waals surface area contributed by atoms with Gasteiger partial charge in [0, 0.05) is 48.4 Å². The van der Waals surface area contributed by atoms with Crippen LogP contribution in [0.2, 0.25) is 5.02 Å². The van der Waals surface area contributed by atoms with Gasteiger partial charge in [-0.25, -0.2) is 4.79 Å². The van der Waals surface area contributed by atoms with Gasteiger partial charge >= 0.3 is 5.97 Å². The number of benzene rings is 2. The van der Waals surface area contributed by atoms with Crippen LogP contribution in [0.5, 0.6) is 5.75 Å². The Morgan fingerprint density at radius 2 is 2.04 bits per heavy atom. The zero-order valence-corrected chi connectivity index (χ0v) is 15.2. The summed E-state index contributed by atoms with van der Waals surface area (Å²) in [7, 11) is 3.86. The van der Waals surface area contributed by atoms with E-state index < -0.39 is 12.6 Å². The van der Waals surface area contributed by atoms with Gasteiger partial charge in [-0.1, -0.05) is 17.7 Å². The van der Waals surface area contributed by atoms with Crippen LogP contribution < -0.4 is 15.0 Å². The van der Waals surface area contributed by atoms with Crippen LogP contribution in [0.25, 0.3) is 0 Å². The molecule has 1 amide bonds. The molecule has 0 saturated heterocycles. The lowest BCUT2D eigenvalue weighted by Gasteiger charge is -2.28. The molecule has 0 fully saturated rings. The molecule has 3 rings (SSSR count). The lowest BCUT2D eigenvalue weighted by molar-refractivity contribution is -0.139. The quantitative estimate of drug-likeness (QED) is 0.839. The fourth-order valence-electron chi connectivity index (χ4n) is 3.07. The molecule has 1 unspecified atom stereocenters. The Bertz CT molecular complexity index is 867. The number of carboxylic acid groups (broad SMARTS) is 1. The molecule has 0 radical (unpaired) electrons. The molecular formula is C19H19ClN2O4. The van der Waals surface area contributed by atoms with Crippen molar-refractivity contribution in [2.45, 2.75) is 12.3 Å². The topological polar surface area (TPSA) is 78.9 Å². The number of nitrogens with zero attached hydrogens (tertiary/aromatic N) is 1. The summed E-state index contributed by atoms with van der Waals surface area (Å²) in [5, 5.41) is 12.3. The minimum Gasteiger partial charge on any atom is -0.482 e. The van der Waals surface area contributed by atoms with Crippen LogP contribution in [-0.2, 0) is 9.59 Å². The molecule has 2 N–H and O–H groups in total. The maximum absolute atomic E-state index is 12.3. The van der Waals surface area contributed by atoms with Gasteiger partial charge in [-0.3, -0.25) is 4.79 Å². The highest BCUT2D eigenvalue weighted by atomic mass is 35.5. The highest BCUT2D eigenvalue weighted by Crippen LogP contribution is 2.42. The first-order valence-corrected chi connectivity index (χ1v) is 8.48. The van der Waals surface area contributed by atoms with E-state index in [9.17, 15) is 9.59 Å². The van der Waals surface area contributed by atoms with Gasteiger partial charge < -0.3 is 20.1 Å². The number of carbonyl (C=O) groups excluding carboxylic acids is 1. The molecule has 2 aromatic rings. The third-order valence-corrected chi connectivity index (χ3v) is 4.53. The Hall–Kier alpha value is -2.73. The maximum atomic E-state index is 12.3. The van der Waals surface area contributed by atoms with E-state index in [4.69, 9.17) is 21.4 Å². The van der Waals surface area contributed by atoms with Gasteiger partial charge in [-0.05, 0) is 35.9 Å². The van der Waals surface area contributed by atoms with Crippen LogP contribution in [0.15, 0.2) is 36.4 Å². The minimum atomic E-state index is -1.07. The summed E-state index contributed by atoms with van der Waals surface area (Å²) in [5.41, 5.74) is 3.35. The Labute approximate surface area is 156 Å². The number of rotatable bonds is 5. The van der Waals surface area contributed by atoms with Gasteiger partial charge in [-0.15, -0.1) is 0 Å². The zero-order valence-electron chi connectivity index (χ0n) is 14.5. The number of halogens is 1. The minimum absolute atomic E-state index is 0.109. The standard InChI is InChI=1S/C19H19ClN2O4/c1-22(2)12-4-5-13-14(9-18(23)21-16(13)8-12)15-7-11(20)3-6-17(15)26-10-19(24)25/h3-8,14H,9-10H2,1-2H3,(H,21,23)(H,24,25). The third kappa shape index (κ3) is 3.75. The molecular weight excluding hydrogens is 356 g/mol. The summed E-state index contributed by atoms with van der Waals surface area (Å²) >= 11 is 6.15. The summed E-state index contributed by atoms with van der Waals surface area (Å²) < 4.78 is 5.42. The number of hydrogen-bond donors (Lipinski definition) is 2. The van der Waals surface area contributed by atoms with E-state index >= 15 is 0 Å². The van der Waals surface area contributed by atoms with E-state index in [-0.39, 0.29) is 18.2 Å². The van der Waals surface area contributed by atoms with Crippen molar-refractivity contribution in [1.82, 2.24) is 0 Å². The molecule has 26 heavy (non-hydrogen) atoms. The first-order valence-electron chi connectivity index (χ1n) is 8.10. The molecule has 2 aromatic carbocycles. The summed E-state index contributed by atoms with van der Waals surface area (Å²) in [5.74, 6) is -1.03. The monoisotopic (exact) mass is 374 g/mol. The molecule has 0 bridgehead atoms. The maximum Gasteiger partial charge on any atom is 0.341 e. The average molecular weight is 375 g/mol. The summed E-state index contributed by atoms with van der Waals surface area (Å²) in [6.07, 6.45) is 0.234. The summed E-state index contributed by atoms with van der Waals surface area (Å²) in [6, 6.07) is 10.9. The zero-order chi connectivity index (χ0) is 18.8. The number of ether oxygens (including phenoxy) is 1. The van der Waals surface area contributed by atoms with Crippen molar-refractivity contribution in [3.8, 4) is 5.75 Å². The van der Waals surface area contributed by atoms with Crippen molar-refractivity contribution in [3.63, 3.8) is 0 Å². The smallest absolute Gasteiger partial charge is 0.341 e. The van der Waals surface area contributed by atoms with Crippen molar-refractivity contribution >= 4 is 34.9 Å². The molecule has 1 atom stereocenters. The molecule has 1 heterocycles. The number of aliphatic carboxylic acids is 1. The van der Waals surface area contributed by atoms with Crippen LogP contribution in [0.4, 0.5) is 11.4 Å². The molecule has 0 aromatic heterocycles. The van der Waals surface area contributed by atoms with Crippen molar-refractivity contribution in [3.05, 3.63) is 52.5 Å². The summed E-state index contributed by atoms with van der Waals surface area (Å²) in [6.45, 7) is -0.458. The van der Waals surface area contributed by atoms with Gasteiger partial charge in [0.1, 0.15) is 5.75 Å². The first-order chi connectivity index (χ1) is 12.3. The fraction of sp³-hybridized carbons (Fsp3) is 0.263. The largest absolute Gasteiger partial charge is 0.482 e. The molecule has 7 heteroatoms. The fourth-order valence-corrected chi connectivity index (χ4v) is 3.25. The van der Waals surface area contributed by atoms with Crippen molar-refractivity contribution < 1.29 is 19.4 Å². The van der Waals surface area contributed by atoms with E-state index in [1.165, 1.54) is 0 Å². The highest BCUT2D eigenvalue weighted by molar-refractivity contribution is 6.30. The van der Waals surface area contributed by atoms with Gasteiger partial charge in [0.15, 0.2) is 6.61 Å². The van der Waals surface area contributed by atoms with Gasteiger partial charge in [0.05, 0.1) is 0 Å². The van der Waals surface area contributed by atoms with Crippen LogP contribution in [0, 0.1) is 0 Å². The number of carbonyl (C=O) groups is 2. The van der Waals surface area contributed by atoms with E-state index in [1.807, 2.05) is 37.2 Å². The number of carboxylic acids is 1. The molecule has 136 valence electrons. The molecule has 1 aliphatic rings. The predicted octanol–water partition coefficient (Wildman–Crippen LogP) is 3.34. The van der Waals surface area contributed by atoms with Gasteiger partial charge in [0.2, 0.25) is 5.91 Å². The number of anilines is 2. The van der Waals surface area contributed by atoms with Crippen molar-refractivity contribution in [2.75, 3.05) is 30.9 Å². The second kappa shape index (κ2) is 7.25. The SMILES string of the molecule is CN(C)c1ccc2c(c1)NC(=O)CC2c1cc(Cl)ccc1OCC(=O)O. The van der Waals surface area contributed by atoms with E-state index in [1.54, 1.807) is 18.2 Å². The van der Waals surface area contributed by atoms with Crippen LogP contribution in [0.3, 0.4) is 0 Å². The Morgan fingerprint density at radius 3 is 2.73 bits per heavy atom. The number of nitrogens with one attached hydrogen (secondary N) is 1. The molecule has 0 aliphatic carbocycles. The van der Waals surface area contributed by atoms with E-state index in [0.29, 0.717) is 16.3 Å². The Kier molecular flexibility index (Phi) is 5.04.